The van der Waals surface area contributed by atoms with Crippen LogP contribution < -0.4 is 5.32 Å². The molecule has 2 heterocycles. The number of hydrogen-bond donors (Lipinski definition) is 1. The van der Waals surface area contributed by atoms with Gasteiger partial charge in [-0.15, -0.1) is 11.3 Å². The van der Waals surface area contributed by atoms with Crippen LogP contribution in [0.1, 0.15) is 23.1 Å². The fourth-order valence-corrected chi connectivity index (χ4v) is 2.76. The third-order valence-corrected chi connectivity index (χ3v) is 3.91. The van der Waals surface area contributed by atoms with Crippen LogP contribution in [0.5, 0.6) is 0 Å². The fraction of sp³-hybridized carbons (Fsp3) is 0.176. The van der Waals surface area contributed by atoms with Gasteiger partial charge in [0.2, 0.25) is 11.8 Å². The van der Waals surface area contributed by atoms with Crippen LogP contribution in [0.4, 0.5) is 5.13 Å². The van der Waals surface area contributed by atoms with E-state index in [0.29, 0.717) is 16.7 Å². The van der Waals surface area contributed by atoms with Crippen LogP contribution in [0.3, 0.4) is 0 Å². The summed E-state index contributed by atoms with van der Waals surface area (Å²) in [6.07, 6.45) is 1.50. The molecule has 8 heteroatoms. The van der Waals surface area contributed by atoms with Crippen molar-refractivity contribution in [2.45, 2.75) is 13.3 Å². The number of esters is 1. The maximum atomic E-state index is 12.1. The van der Waals surface area contributed by atoms with Crippen LogP contribution in [-0.2, 0) is 16.0 Å². The molecule has 25 heavy (non-hydrogen) atoms. The molecule has 0 aliphatic heterocycles. The van der Waals surface area contributed by atoms with E-state index in [1.54, 1.807) is 6.92 Å². The van der Waals surface area contributed by atoms with E-state index in [2.05, 4.69) is 15.3 Å². The smallest absolute Gasteiger partial charge is 0.357 e. The van der Waals surface area contributed by atoms with E-state index in [1.807, 2.05) is 30.3 Å². The summed E-state index contributed by atoms with van der Waals surface area (Å²) in [6, 6.07) is 9.43. The largest absolute Gasteiger partial charge is 0.461 e. The third kappa shape index (κ3) is 4.30. The molecule has 0 radical (unpaired) electrons. The average Bonchev–Trinajstić information content (AvgIpc) is 3.25. The van der Waals surface area contributed by atoms with E-state index in [0.717, 1.165) is 16.9 Å². The van der Waals surface area contributed by atoms with E-state index in [1.165, 1.54) is 11.6 Å². The van der Waals surface area contributed by atoms with Crippen molar-refractivity contribution in [2.24, 2.45) is 0 Å². The van der Waals surface area contributed by atoms with E-state index in [4.69, 9.17) is 9.15 Å². The molecular formula is C17H15N3O4S. The van der Waals surface area contributed by atoms with Crippen molar-refractivity contribution in [1.29, 1.82) is 0 Å². The number of carbonyl (C=O) groups is 2. The molecule has 3 rings (SSSR count). The quantitative estimate of drug-likeness (QED) is 0.681. The van der Waals surface area contributed by atoms with Crippen molar-refractivity contribution < 1.29 is 18.7 Å². The number of anilines is 1. The summed E-state index contributed by atoms with van der Waals surface area (Å²) < 4.78 is 10.3. The Kier molecular flexibility index (Phi) is 5.20. The summed E-state index contributed by atoms with van der Waals surface area (Å²) in [5.41, 5.74) is 1.53. The highest BCUT2D eigenvalue weighted by Gasteiger charge is 2.15. The van der Waals surface area contributed by atoms with Gasteiger partial charge < -0.3 is 14.5 Å². The average molecular weight is 357 g/mol. The van der Waals surface area contributed by atoms with Crippen molar-refractivity contribution in [2.75, 3.05) is 11.9 Å². The molecule has 1 aromatic carbocycles. The summed E-state index contributed by atoms with van der Waals surface area (Å²) >= 11 is 1.16. The highest BCUT2D eigenvalue weighted by atomic mass is 32.1. The van der Waals surface area contributed by atoms with E-state index in [-0.39, 0.29) is 24.6 Å². The predicted octanol–water partition coefficient (Wildman–Crippen LogP) is 3.16. The summed E-state index contributed by atoms with van der Waals surface area (Å²) in [4.78, 5) is 32.0. The Labute approximate surface area is 147 Å². The van der Waals surface area contributed by atoms with Gasteiger partial charge in [0, 0.05) is 10.9 Å². The predicted molar refractivity (Wildman–Crippen MR) is 92.3 cm³/mol. The third-order valence-electron chi connectivity index (χ3n) is 3.15. The van der Waals surface area contributed by atoms with Gasteiger partial charge in [0.05, 0.1) is 18.7 Å². The fourth-order valence-electron chi connectivity index (χ4n) is 2.06. The molecule has 0 aliphatic carbocycles. The molecule has 0 saturated carbocycles. The standard InChI is InChI=1S/C17H15N3O4S/c1-2-23-16(22)13-10-25-17(19-13)20-14(21)8-12-9-24-15(18-12)11-6-4-3-5-7-11/h3-7,9-10H,2,8H2,1H3,(H,19,20,21). The number of aromatic nitrogens is 2. The van der Waals surface area contributed by atoms with Gasteiger partial charge >= 0.3 is 5.97 Å². The molecule has 3 aromatic rings. The summed E-state index contributed by atoms with van der Waals surface area (Å²) in [5.74, 6) is -0.344. The molecule has 0 aliphatic rings. The lowest BCUT2D eigenvalue weighted by Gasteiger charge is -1.99. The topological polar surface area (TPSA) is 94.3 Å². The summed E-state index contributed by atoms with van der Waals surface area (Å²) in [7, 11) is 0. The minimum atomic E-state index is -0.511. The number of nitrogens with zero attached hydrogens (tertiary/aromatic N) is 2. The van der Waals surface area contributed by atoms with E-state index < -0.39 is 5.97 Å². The monoisotopic (exact) mass is 357 g/mol. The van der Waals surface area contributed by atoms with Crippen molar-refractivity contribution in [1.82, 2.24) is 9.97 Å². The van der Waals surface area contributed by atoms with Gasteiger partial charge in [0.1, 0.15) is 6.26 Å². The van der Waals surface area contributed by atoms with Crippen molar-refractivity contribution in [3.63, 3.8) is 0 Å². The maximum Gasteiger partial charge on any atom is 0.357 e. The van der Waals surface area contributed by atoms with Gasteiger partial charge in [-0.3, -0.25) is 4.79 Å². The second kappa shape index (κ2) is 7.71. The Morgan fingerprint density at radius 3 is 2.80 bits per heavy atom. The van der Waals surface area contributed by atoms with Crippen molar-refractivity contribution in [3.05, 3.63) is 53.4 Å². The Hall–Kier alpha value is -3.00. The van der Waals surface area contributed by atoms with Gasteiger partial charge in [-0.05, 0) is 19.1 Å². The Morgan fingerprint density at radius 2 is 2.04 bits per heavy atom. The first kappa shape index (κ1) is 16.8. The number of thiazole rings is 1. The number of amides is 1. The zero-order valence-electron chi connectivity index (χ0n) is 13.4. The van der Waals surface area contributed by atoms with Crippen LogP contribution >= 0.6 is 11.3 Å². The van der Waals surface area contributed by atoms with Crippen LogP contribution in [0.15, 0.2) is 46.4 Å². The molecule has 7 nitrogen and oxygen atoms in total. The Morgan fingerprint density at radius 1 is 1.24 bits per heavy atom. The van der Waals surface area contributed by atoms with E-state index in [9.17, 15) is 9.59 Å². The van der Waals surface area contributed by atoms with Gasteiger partial charge in [0.25, 0.3) is 0 Å². The molecule has 0 atom stereocenters. The summed E-state index contributed by atoms with van der Waals surface area (Å²) in [5, 5.41) is 4.51. The first-order chi connectivity index (χ1) is 12.2. The molecule has 0 saturated heterocycles. The molecule has 1 N–H and O–H groups in total. The second-order valence-corrected chi connectivity index (χ2v) is 5.85. The van der Waals surface area contributed by atoms with Gasteiger partial charge in [0.15, 0.2) is 10.8 Å². The SMILES string of the molecule is CCOC(=O)c1csc(NC(=O)Cc2coc(-c3ccccc3)n2)n1. The number of rotatable bonds is 6. The first-order valence-electron chi connectivity index (χ1n) is 7.58. The minimum Gasteiger partial charge on any atom is -0.461 e. The zero-order chi connectivity index (χ0) is 17.6. The molecular weight excluding hydrogens is 342 g/mol. The molecule has 128 valence electrons. The minimum absolute atomic E-state index is 0.0463. The number of oxazole rings is 1. The molecule has 2 aromatic heterocycles. The van der Waals surface area contributed by atoms with Gasteiger partial charge in [-0.25, -0.2) is 14.8 Å². The number of benzene rings is 1. The number of nitrogens with one attached hydrogen (secondary N) is 1. The highest BCUT2D eigenvalue weighted by molar-refractivity contribution is 7.14. The van der Waals surface area contributed by atoms with Crippen molar-refractivity contribution >= 4 is 28.3 Å². The number of carbonyl (C=O) groups excluding carboxylic acids is 2. The van der Waals surface area contributed by atoms with Crippen LogP contribution in [0.25, 0.3) is 11.5 Å². The summed E-state index contributed by atoms with van der Waals surface area (Å²) in [6.45, 7) is 1.99. The second-order valence-electron chi connectivity index (χ2n) is 4.99. The van der Waals surface area contributed by atoms with Crippen molar-refractivity contribution in [3.8, 4) is 11.5 Å². The zero-order valence-corrected chi connectivity index (χ0v) is 14.2. The van der Waals surface area contributed by atoms with Crippen LogP contribution in [0.2, 0.25) is 0 Å². The number of hydrogen-bond acceptors (Lipinski definition) is 7. The van der Waals surface area contributed by atoms with Gasteiger partial charge in [-0.1, -0.05) is 18.2 Å². The van der Waals surface area contributed by atoms with Gasteiger partial charge in [-0.2, -0.15) is 0 Å². The Bertz CT molecular complexity index is 873. The molecule has 0 unspecified atom stereocenters. The lowest BCUT2D eigenvalue weighted by molar-refractivity contribution is -0.115. The lowest BCUT2D eigenvalue weighted by Crippen LogP contribution is -2.15. The highest BCUT2D eigenvalue weighted by Crippen LogP contribution is 2.19. The lowest BCUT2D eigenvalue weighted by atomic mass is 10.2. The Balaban J connectivity index is 1.60. The van der Waals surface area contributed by atoms with E-state index >= 15 is 0 Å². The first-order valence-corrected chi connectivity index (χ1v) is 8.46. The molecule has 1 amide bonds. The molecule has 0 fully saturated rings. The number of ether oxygens (including phenoxy) is 1. The maximum absolute atomic E-state index is 12.1. The molecule has 0 bridgehead atoms. The van der Waals surface area contributed by atoms with Crippen LogP contribution in [0, 0.1) is 0 Å². The normalized spacial score (nSPS) is 10.4. The van der Waals surface area contributed by atoms with Crippen LogP contribution in [-0.4, -0.2) is 28.5 Å². The molecule has 0 spiro atoms.